The summed E-state index contributed by atoms with van der Waals surface area (Å²) in [7, 11) is 0. The molecule has 0 amide bonds. The topological polar surface area (TPSA) is 12.0 Å². The molecule has 0 bridgehead atoms. The van der Waals surface area contributed by atoms with Crippen molar-refractivity contribution in [3.8, 4) is 0 Å². The van der Waals surface area contributed by atoms with Gasteiger partial charge >= 0.3 is 0 Å². The molecule has 1 N–H and O–H groups in total. The molecule has 1 atom stereocenters. The van der Waals surface area contributed by atoms with Crippen LogP contribution >= 0.6 is 15.9 Å². The van der Waals surface area contributed by atoms with Crippen molar-refractivity contribution < 1.29 is 0 Å². The number of hydrogen-bond donors (Lipinski definition) is 1. The van der Waals surface area contributed by atoms with Crippen LogP contribution in [0.15, 0.2) is 22.7 Å². The van der Waals surface area contributed by atoms with Crippen molar-refractivity contribution >= 4 is 15.9 Å². The van der Waals surface area contributed by atoms with Crippen molar-refractivity contribution in [1.82, 2.24) is 5.32 Å². The van der Waals surface area contributed by atoms with E-state index in [2.05, 4.69) is 60.2 Å². The molecule has 0 radical (unpaired) electrons. The van der Waals surface area contributed by atoms with E-state index in [9.17, 15) is 0 Å². The Bertz CT molecular complexity index is 421. The predicted octanol–water partition coefficient (Wildman–Crippen LogP) is 5.62. The van der Waals surface area contributed by atoms with Gasteiger partial charge in [0, 0.05) is 10.5 Å². The van der Waals surface area contributed by atoms with Gasteiger partial charge in [0.1, 0.15) is 0 Å². The molecule has 1 saturated carbocycles. The van der Waals surface area contributed by atoms with Gasteiger partial charge in [0.25, 0.3) is 0 Å². The van der Waals surface area contributed by atoms with Crippen LogP contribution in [0.5, 0.6) is 0 Å². The van der Waals surface area contributed by atoms with E-state index >= 15 is 0 Å². The minimum atomic E-state index is 0.538. The molecule has 1 nitrogen and oxygen atoms in total. The standard InChI is InChI=1S/C18H28BrN/c1-4-11-20-18(15-7-5-13(2)6-8-15)17-10-9-16(19)12-14(17)3/h9-10,12-13,15,18,20H,4-8,11H2,1-3H3. The molecule has 2 heteroatoms. The van der Waals surface area contributed by atoms with Gasteiger partial charge in [0.15, 0.2) is 0 Å². The fourth-order valence-electron chi connectivity index (χ4n) is 3.44. The molecule has 0 saturated heterocycles. The second kappa shape index (κ2) is 7.61. The Balaban J connectivity index is 2.17. The first-order valence-electron chi connectivity index (χ1n) is 8.11. The lowest BCUT2D eigenvalue weighted by Gasteiger charge is -2.34. The third-order valence-electron chi connectivity index (χ3n) is 4.71. The maximum atomic E-state index is 3.82. The first-order chi connectivity index (χ1) is 9.61. The summed E-state index contributed by atoms with van der Waals surface area (Å²) >= 11 is 3.58. The van der Waals surface area contributed by atoms with Gasteiger partial charge in [-0.15, -0.1) is 0 Å². The van der Waals surface area contributed by atoms with Crippen LogP contribution < -0.4 is 5.32 Å². The van der Waals surface area contributed by atoms with E-state index in [1.807, 2.05) is 0 Å². The molecule has 112 valence electrons. The minimum absolute atomic E-state index is 0.538. The van der Waals surface area contributed by atoms with E-state index < -0.39 is 0 Å². The van der Waals surface area contributed by atoms with Gasteiger partial charge in [-0.2, -0.15) is 0 Å². The van der Waals surface area contributed by atoms with Crippen LogP contribution in [0.2, 0.25) is 0 Å². The molecule has 20 heavy (non-hydrogen) atoms. The van der Waals surface area contributed by atoms with Crippen LogP contribution in [-0.2, 0) is 0 Å². The van der Waals surface area contributed by atoms with Crippen molar-refractivity contribution in [1.29, 1.82) is 0 Å². The first kappa shape index (κ1) is 16.0. The maximum Gasteiger partial charge on any atom is 0.0351 e. The van der Waals surface area contributed by atoms with Gasteiger partial charge < -0.3 is 5.32 Å². The second-order valence-electron chi connectivity index (χ2n) is 6.45. The zero-order valence-corrected chi connectivity index (χ0v) is 14.7. The Morgan fingerprint density at radius 1 is 1.25 bits per heavy atom. The van der Waals surface area contributed by atoms with Crippen LogP contribution in [0, 0.1) is 18.8 Å². The average molecular weight is 338 g/mol. The third-order valence-corrected chi connectivity index (χ3v) is 5.21. The van der Waals surface area contributed by atoms with Crippen LogP contribution in [0.3, 0.4) is 0 Å². The molecule has 1 fully saturated rings. The van der Waals surface area contributed by atoms with E-state index in [0.717, 1.165) is 18.4 Å². The number of nitrogens with one attached hydrogen (secondary N) is 1. The lowest BCUT2D eigenvalue weighted by Crippen LogP contribution is -2.31. The summed E-state index contributed by atoms with van der Waals surface area (Å²) in [5, 5.41) is 3.82. The quantitative estimate of drug-likeness (QED) is 0.734. The maximum absolute atomic E-state index is 3.82. The van der Waals surface area contributed by atoms with Gasteiger partial charge in [-0.3, -0.25) is 0 Å². The molecule has 0 spiro atoms. The van der Waals surface area contributed by atoms with E-state index in [1.54, 1.807) is 0 Å². The van der Waals surface area contributed by atoms with Gasteiger partial charge in [0.2, 0.25) is 0 Å². The molecule has 0 heterocycles. The third kappa shape index (κ3) is 4.08. The summed E-state index contributed by atoms with van der Waals surface area (Å²) in [6.45, 7) is 8.01. The Kier molecular flexibility index (Phi) is 6.10. The van der Waals surface area contributed by atoms with E-state index in [1.165, 1.54) is 47.7 Å². The van der Waals surface area contributed by atoms with Crippen molar-refractivity contribution in [2.24, 2.45) is 11.8 Å². The van der Waals surface area contributed by atoms with Gasteiger partial charge in [0.05, 0.1) is 0 Å². The molecular formula is C18H28BrN. The van der Waals surface area contributed by atoms with Gasteiger partial charge in [-0.25, -0.2) is 0 Å². The molecule has 2 rings (SSSR count). The summed E-state index contributed by atoms with van der Waals surface area (Å²) in [6.07, 6.45) is 6.74. The number of halogens is 1. The molecule has 0 aliphatic heterocycles. The van der Waals surface area contributed by atoms with Crippen LogP contribution in [0.4, 0.5) is 0 Å². The molecule has 1 aromatic carbocycles. The fourth-order valence-corrected chi connectivity index (χ4v) is 3.91. The second-order valence-corrected chi connectivity index (χ2v) is 7.37. The van der Waals surface area contributed by atoms with Crippen molar-refractivity contribution in [3.05, 3.63) is 33.8 Å². The van der Waals surface area contributed by atoms with E-state index in [4.69, 9.17) is 0 Å². The first-order valence-corrected chi connectivity index (χ1v) is 8.90. The molecule has 1 aliphatic rings. The number of benzene rings is 1. The monoisotopic (exact) mass is 337 g/mol. The van der Waals surface area contributed by atoms with Gasteiger partial charge in [-0.1, -0.05) is 48.7 Å². The summed E-state index contributed by atoms with van der Waals surface area (Å²) in [5.74, 6) is 1.72. The normalized spacial score (nSPS) is 24.6. The smallest absolute Gasteiger partial charge is 0.0351 e. The minimum Gasteiger partial charge on any atom is -0.310 e. The summed E-state index contributed by atoms with van der Waals surface area (Å²) in [6, 6.07) is 7.29. The Labute approximate surface area is 132 Å². The molecule has 0 aromatic heterocycles. The lowest BCUT2D eigenvalue weighted by atomic mass is 9.76. The summed E-state index contributed by atoms with van der Waals surface area (Å²) in [5.41, 5.74) is 2.91. The summed E-state index contributed by atoms with van der Waals surface area (Å²) < 4.78 is 1.19. The highest BCUT2D eigenvalue weighted by Gasteiger charge is 2.27. The largest absolute Gasteiger partial charge is 0.310 e. The molecular weight excluding hydrogens is 310 g/mol. The van der Waals surface area contributed by atoms with Crippen molar-refractivity contribution in [3.63, 3.8) is 0 Å². The summed E-state index contributed by atoms with van der Waals surface area (Å²) in [4.78, 5) is 0. The van der Waals surface area contributed by atoms with Gasteiger partial charge in [-0.05, 0) is 67.8 Å². The SMILES string of the molecule is CCCNC(c1ccc(Br)cc1C)C1CCC(C)CC1. The average Bonchev–Trinajstić information content (AvgIpc) is 2.42. The van der Waals surface area contributed by atoms with E-state index in [0.29, 0.717) is 6.04 Å². The highest BCUT2D eigenvalue weighted by Crippen LogP contribution is 2.38. The Morgan fingerprint density at radius 2 is 1.95 bits per heavy atom. The van der Waals surface area contributed by atoms with Crippen molar-refractivity contribution in [2.75, 3.05) is 6.54 Å². The van der Waals surface area contributed by atoms with E-state index in [-0.39, 0.29) is 0 Å². The number of hydrogen-bond acceptors (Lipinski definition) is 1. The zero-order chi connectivity index (χ0) is 14.5. The molecule has 1 aromatic rings. The Hall–Kier alpha value is -0.340. The molecule has 1 aliphatic carbocycles. The van der Waals surface area contributed by atoms with Crippen LogP contribution in [-0.4, -0.2) is 6.54 Å². The number of rotatable bonds is 5. The zero-order valence-electron chi connectivity index (χ0n) is 13.1. The highest BCUT2D eigenvalue weighted by atomic mass is 79.9. The van der Waals surface area contributed by atoms with Crippen LogP contribution in [0.1, 0.15) is 63.1 Å². The fraction of sp³-hybridized carbons (Fsp3) is 0.667. The number of aryl methyl sites for hydroxylation is 1. The molecule has 1 unspecified atom stereocenters. The van der Waals surface area contributed by atoms with Crippen LogP contribution in [0.25, 0.3) is 0 Å². The lowest BCUT2D eigenvalue weighted by molar-refractivity contribution is 0.231. The highest BCUT2D eigenvalue weighted by molar-refractivity contribution is 9.10. The predicted molar refractivity (Wildman–Crippen MR) is 91.0 cm³/mol. The van der Waals surface area contributed by atoms with Crippen molar-refractivity contribution in [2.45, 2.75) is 58.9 Å². The Morgan fingerprint density at radius 3 is 2.55 bits per heavy atom.